The third kappa shape index (κ3) is 1.95. The van der Waals surface area contributed by atoms with Gasteiger partial charge < -0.3 is 4.42 Å². The highest BCUT2D eigenvalue weighted by Gasteiger charge is 2.49. The first kappa shape index (κ1) is 13.9. The van der Waals surface area contributed by atoms with Gasteiger partial charge in [-0.05, 0) is 30.0 Å². The van der Waals surface area contributed by atoms with Crippen LogP contribution in [-0.2, 0) is 0 Å². The molecule has 114 valence electrons. The van der Waals surface area contributed by atoms with Gasteiger partial charge in [-0.25, -0.2) is 0 Å². The average molecular weight is 328 g/mol. The maximum absolute atomic E-state index is 12.8. The number of nitrogens with zero attached hydrogens (tertiary/aromatic N) is 2. The summed E-state index contributed by atoms with van der Waals surface area (Å²) in [6.07, 6.45) is 4.15. The monoisotopic (exact) mass is 328 g/mol. The zero-order chi connectivity index (χ0) is 16.1. The topological polar surface area (TPSA) is 103 Å². The minimum Gasteiger partial charge on any atom is -0.464 e. The van der Waals surface area contributed by atoms with Crippen LogP contribution in [0, 0.1) is 16.0 Å². The fourth-order valence-electron chi connectivity index (χ4n) is 2.85. The molecule has 3 heterocycles. The van der Waals surface area contributed by atoms with Gasteiger partial charge in [-0.1, -0.05) is 0 Å². The number of nitro groups is 1. The van der Waals surface area contributed by atoms with Gasteiger partial charge in [0.05, 0.1) is 27.9 Å². The number of thioether (sulfide) groups is 1. The molecule has 0 saturated heterocycles. The van der Waals surface area contributed by atoms with E-state index in [0.717, 1.165) is 11.8 Å². The summed E-state index contributed by atoms with van der Waals surface area (Å²) in [6.45, 7) is 0. The number of Topliss-reactive ketones (excluding diaryl/α,β-unsaturated/α-hetero) is 2. The van der Waals surface area contributed by atoms with Crippen LogP contribution in [0.15, 0.2) is 46.2 Å². The fraction of sp³-hybridized carbons (Fsp3) is 0.133. The Morgan fingerprint density at radius 3 is 2.78 bits per heavy atom. The van der Waals surface area contributed by atoms with Crippen LogP contribution in [0.1, 0.15) is 20.8 Å². The molecule has 1 aliphatic heterocycles. The molecule has 2 aliphatic rings. The number of aromatic nitrogens is 1. The van der Waals surface area contributed by atoms with Crippen molar-refractivity contribution in [1.29, 1.82) is 0 Å². The Balaban J connectivity index is 1.88. The molecule has 0 bridgehead atoms. The smallest absolute Gasteiger partial charge is 0.300 e. The zero-order valence-electron chi connectivity index (χ0n) is 11.5. The molecule has 2 unspecified atom stereocenters. The van der Waals surface area contributed by atoms with Gasteiger partial charge in [0.25, 0.3) is 0 Å². The van der Waals surface area contributed by atoms with Crippen LogP contribution in [0.3, 0.4) is 0 Å². The predicted octanol–water partition coefficient (Wildman–Crippen LogP) is 2.57. The quantitative estimate of drug-likeness (QED) is 0.616. The van der Waals surface area contributed by atoms with Crippen LogP contribution < -0.4 is 0 Å². The van der Waals surface area contributed by atoms with E-state index in [4.69, 9.17) is 4.42 Å². The van der Waals surface area contributed by atoms with Crippen LogP contribution in [0.4, 0.5) is 0 Å². The molecule has 2 aromatic heterocycles. The molecule has 1 aliphatic carbocycles. The van der Waals surface area contributed by atoms with Crippen molar-refractivity contribution < 1.29 is 18.9 Å². The largest absolute Gasteiger partial charge is 0.464 e. The zero-order valence-corrected chi connectivity index (χ0v) is 12.3. The third-order valence-corrected chi connectivity index (χ3v) is 5.14. The standard InChI is InChI=1S/C15H8N2O5S/c18-13-8-6-10(17(20)21)23-15(8)14(19)11-7(3-4-16-12(11)13)9-2-1-5-22-9/h1-6,8,15H. The Kier molecular flexibility index (Phi) is 2.95. The first-order chi connectivity index (χ1) is 11.1. The summed E-state index contributed by atoms with van der Waals surface area (Å²) in [5.41, 5.74) is 0.706. The lowest BCUT2D eigenvalue weighted by Crippen LogP contribution is -2.37. The van der Waals surface area contributed by atoms with Gasteiger partial charge >= 0.3 is 5.03 Å². The van der Waals surface area contributed by atoms with Gasteiger partial charge in [0, 0.05) is 17.8 Å². The highest BCUT2D eigenvalue weighted by molar-refractivity contribution is 8.04. The van der Waals surface area contributed by atoms with E-state index in [0.29, 0.717) is 11.3 Å². The number of ketones is 2. The lowest BCUT2D eigenvalue weighted by Gasteiger charge is -2.23. The summed E-state index contributed by atoms with van der Waals surface area (Å²) < 4.78 is 5.32. The van der Waals surface area contributed by atoms with E-state index >= 15 is 0 Å². The second-order valence-electron chi connectivity index (χ2n) is 5.11. The number of rotatable bonds is 2. The highest BCUT2D eigenvalue weighted by Crippen LogP contribution is 2.45. The molecule has 0 saturated carbocycles. The van der Waals surface area contributed by atoms with Gasteiger partial charge in [0.15, 0.2) is 11.6 Å². The molecular formula is C15H8N2O5S. The number of allylic oxidation sites excluding steroid dienone is 1. The third-order valence-electron chi connectivity index (χ3n) is 3.85. The van der Waals surface area contributed by atoms with Crippen LogP contribution in [0.25, 0.3) is 11.3 Å². The lowest BCUT2D eigenvalue weighted by molar-refractivity contribution is -0.410. The molecule has 23 heavy (non-hydrogen) atoms. The predicted molar refractivity (Wildman–Crippen MR) is 80.5 cm³/mol. The van der Waals surface area contributed by atoms with Crippen molar-refractivity contribution in [2.24, 2.45) is 5.92 Å². The molecule has 0 spiro atoms. The maximum atomic E-state index is 12.8. The number of furan rings is 1. The van der Waals surface area contributed by atoms with E-state index in [9.17, 15) is 19.7 Å². The van der Waals surface area contributed by atoms with Gasteiger partial charge in [-0.15, -0.1) is 0 Å². The Bertz CT molecular complexity index is 887. The van der Waals surface area contributed by atoms with Crippen LogP contribution in [0.5, 0.6) is 0 Å². The summed E-state index contributed by atoms with van der Waals surface area (Å²) in [4.78, 5) is 39.8. The molecule has 8 heteroatoms. The van der Waals surface area contributed by atoms with Crippen molar-refractivity contribution in [2.45, 2.75) is 5.25 Å². The molecule has 0 amide bonds. The molecule has 4 rings (SSSR count). The second-order valence-corrected chi connectivity index (χ2v) is 6.28. The molecule has 0 radical (unpaired) electrons. The van der Waals surface area contributed by atoms with Crippen molar-refractivity contribution >= 4 is 23.3 Å². The van der Waals surface area contributed by atoms with Crippen molar-refractivity contribution in [1.82, 2.24) is 4.98 Å². The normalized spacial score (nSPS) is 22.5. The number of pyridine rings is 1. The van der Waals surface area contributed by atoms with Crippen molar-refractivity contribution in [3.8, 4) is 11.3 Å². The first-order valence-electron chi connectivity index (χ1n) is 6.72. The highest BCUT2D eigenvalue weighted by atomic mass is 32.2. The van der Waals surface area contributed by atoms with Gasteiger partial charge in [0.1, 0.15) is 11.5 Å². The minimum atomic E-state index is -0.834. The van der Waals surface area contributed by atoms with E-state index in [2.05, 4.69) is 4.98 Å². The van der Waals surface area contributed by atoms with Crippen LogP contribution in [0.2, 0.25) is 0 Å². The molecular weight excluding hydrogens is 320 g/mol. The van der Waals surface area contributed by atoms with Gasteiger partial charge in [-0.3, -0.25) is 24.7 Å². The average Bonchev–Trinajstić information content (AvgIpc) is 3.21. The summed E-state index contributed by atoms with van der Waals surface area (Å²) in [6, 6.07) is 4.96. The Morgan fingerprint density at radius 1 is 1.26 bits per heavy atom. The molecule has 2 atom stereocenters. The first-order valence-corrected chi connectivity index (χ1v) is 7.60. The summed E-state index contributed by atoms with van der Waals surface area (Å²) in [7, 11) is 0. The molecule has 0 fully saturated rings. The van der Waals surface area contributed by atoms with Crippen molar-refractivity contribution in [3.05, 3.63) is 63.1 Å². The maximum Gasteiger partial charge on any atom is 0.300 e. The Morgan fingerprint density at radius 2 is 2.09 bits per heavy atom. The van der Waals surface area contributed by atoms with E-state index in [1.165, 1.54) is 18.5 Å². The van der Waals surface area contributed by atoms with E-state index in [-0.39, 0.29) is 27.9 Å². The number of hydrogen-bond donors (Lipinski definition) is 0. The van der Waals surface area contributed by atoms with Gasteiger partial charge in [0.2, 0.25) is 0 Å². The molecule has 2 aromatic rings. The fourth-order valence-corrected chi connectivity index (χ4v) is 4.00. The number of carbonyl (C=O) groups is 2. The number of hydrogen-bond acceptors (Lipinski definition) is 7. The van der Waals surface area contributed by atoms with Gasteiger partial charge in [-0.2, -0.15) is 0 Å². The summed E-state index contributed by atoms with van der Waals surface area (Å²) in [5.74, 6) is -1.09. The van der Waals surface area contributed by atoms with E-state index < -0.39 is 16.1 Å². The van der Waals surface area contributed by atoms with Crippen LogP contribution >= 0.6 is 11.8 Å². The number of fused-ring (bicyclic) bond motifs is 2. The number of carbonyl (C=O) groups excluding carboxylic acids is 2. The lowest BCUT2D eigenvalue weighted by atomic mass is 9.82. The molecule has 0 N–H and O–H groups in total. The molecule has 0 aromatic carbocycles. The Hall–Kier alpha value is -2.74. The SMILES string of the molecule is O=C1c2nccc(-c3ccco3)c2C(=O)C2SC([N+](=O)[O-])=CC12. The Labute approximate surface area is 133 Å². The second kappa shape index (κ2) is 4.88. The van der Waals surface area contributed by atoms with E-state index in [1.54, 1.807) is 18.2 Å². The summed E-state index contributed by atoms with van der Waals surface area (Å²) >= 11 is 0.817. The van der Waals surface area contributed by atoms with E-state index in [1.807, 2.05) is 0 Å². The van der Waals surface area contributed by atoms with Crippen molar-refractivity contribution in [2.75, 3.05) is 0 Å². The molecule has 7 nitrogen and oxygen atoms in total. The van der Waals surface area contributed by atoms with Crippen molar-refractivity contribution in [3.63, 3.8) is 0 Å². The van der Waals surface area contributed by atoms with Crippen LogP contribution in [-0.4, -0.2) is 26.7 Å². The summed E-state index contributed by atoms with van der Waals surface area (Å²) in [5, 5.41) is 9.96. The minimum absolute atomic E-state index is 0.0478.